The van der Waals surface area contributed by atoms with Crippen LogP contribution < -0.4 is 14.8 Å². The Balaban J connectivity index is 1.67. The minimum absolute atomic E-state index is 0.0417. The molecule has 2 aliphatic rings. The summed E-state index contributed by atoms with van der Waals surface area (Å²) in [6.07, 6.45) is 3.14. The van der Waals surface area contributed by atoms with E-state index < -0.39 is 0 Å². The molecule has 2 amide bonds. The standard InChI is InChI=1S/C17H24N2O4/c1-2-7-18-17(20)19(11-14-4-3-8-21-14)10-13-5-6-15-16(9-13)23-12-22-15/h5-6,9,14H,2-4,7-8,10-12H2,1H3,(H,18,20). The summed E-state index contributed by atoms with van der Waals surface area (Å²) in [4.78, 5) is 14.3. The van der Waals surface area contributed by atoms with Crippen LogP contribution in [-0.2, 0) is 11.3 Å². The molecular formula is C17H24N2O4. The van der Waals surface area contributed by atoms with Crippen molar-refractivity contribution in [1.82, 2.24) is 10.2 Å². The molecular weight excluding hydrogens is 296 g/mol. The van der Waals surface area contributed by atoms with E-state index in [-0.39, 0.29) is 18.9 Å². The molecule has 0 aliphatic carbocycles. The fourth-order valence-electron chi connectivity index (χ4n) is 2.86. The fraction of sp³-hybridized carbons (Fsp3) is 0.588. The van der Waals surface area contributed by atoms with Crippen LogP contribution in [0, 0.1) is 0 Å². The van der Waals surface area contributed by atoms with E-state index in [1.165, 1.54) is 0 Å². The zero-order valence-corrected chi connectivity index (χ0v) is 13.5. The zero-order valence-electron chi connectivity index (χ0n) is 13.5. The van der Waals surface area contributed by atoms with E-state index in [4.69, 9.17) is 14.2 Å². The van der Waals surface area contributed by atoms with Crippen LogP contribution in [0.15, 0.2) is 18.2 Å². The van der Waals surface area contributed by atoms with Gasteiger partial charge in [-0.2, -0.15) is 0 Å². The van der Waals surface area contributed by atoms with Crippen molar-refractivity contribution in [2.75, 3.05) is 26.5 Å². The van der Waals surface area contributed by atoms with E-state index in [2.05, 4.69) is 5.32 Å². The zero-order chi connectivity index (χ0) is 16.1. The highest BCUT2D eigenvalue weighted by atomic mass is 16.7. The molecule has 23 heavy (non-hydrogen) atoms. The number of urea groups is 1. The quantitative estimate of drug-likeness (QED) is 0.875. The lowest BCUT2D eigenvalue weighted by atomic mass is 10.1. The third-order valence-electron chi connectivity index (χ3n) is 4.07. The number of carbonyl (C=O) groups excluding carboxylic acids is 1. The molecule has 0 bridgehead atoms. The highest BCUT2D eigenvalue weighted by Gasteiger charge is 2.23. The van der Waals surface area contributed by atoms with Gasteiger partial charge < -0.3 is 24.4 Å². The molecule has 1 atom stereocenters. The van der Waals surface area contributed by atoms with Crippen LogP contribution in [-0.4, -0.2) is 43.5 Å². The maximum absolute atomic E-state index is 12.4. The third-order valence-corrected chi connectivity index (χ3v) is 4.07. The van der Waals surface area contributed by atoms with E-state index in [0.29, 0.717) is 19.6 Å². The molecule has 3 rings (SSSR count). The Morgan fingerprint density at radius 1 is 1.35 bits per heavy atom. The van der Waals surface area contributed by atoms with E-state index in [1.807, 2.05) is 30.0 Å². The number of rotatable bonds is 6. The summed E-state index contributed by atoms with van der Waals surface area (Å²) in [7, 11) is 0. The van der Waals surface area contributed by atoms with Gasteiger partial charge in [0, 0.05) is 26.2 Å². The highest BCUT2D eigenvalue weighted by Crippen LogP contribution is 2.32. The summed E-state index contributed by atoms with van der Waals surface area (Å²) in [5.41, 5.74) is 1.03. The average Bonchev–Trinajstić information content (AvgIpc) is 3.22. The number of hydrogen-bond donors (Lipinski definition) is 1. The maximum Gasteiger partial charge on any atom is 0.317 e. The highest BCUT2D eigenvalue weighted by molar-refractivity contribution is 5.74. The van der Waals surface area contributed by atoms with Crippen LogP contribution in [0.2, 0.25) is 0 Å². The number of carbonyl (C=O) groups is 1. The van der Waals surface area contributed by atoms with Crippen LogP contribution in [0.4, 0.5) is 4.79 Å². The maximum atomic E-state index is 12.4. The third kappa shape index (κ3) is 4.07. The lowest BCUT2D eigenvalue weighted by Gasteiger charge is -2.26. The number of hydrogen-bond acceptors (Lipinski definition) is 4. The molecule has 1 aromatic carbocycles. The average molecular weight is 320 g/mol. The first-order valence-corrected chi connectivity index (χ1v) is 8.29. The van der Waals surface area contributed by atoms with Crippen LogP contribution in [0.3, 0.4) is 0 Å². The molecule has 1 unspecified atom stereocenters. The molecule has 126 valence electrons. The summed E-state index contributed by atoms with van der Waals surface area (Å²) in [6, 6.07) is 5.77. The number of amides is 2. The molecule has 1 aromatic rings. The van der Waals surface area contributed by atoms with Gasteiger partial charge in [0.05, 0.1) is 6.10 Å². The summed E-state index contributed by atoms with van der Waals surface area (Å²) < 4.78 is 16.4. The second kappa shape index (κ2) is 7.55. The second-order valence-corrected chi connectivity index (χ2v) is 5.94. The SMILES string of the molecule is CCCNC(=O)N(Cc1ccc2c(c1)OCO2)CC1CCCO1. The minimum Gasteiger partial charge on any atom is -0.454 e. The van der Waals surface area contributed by atoms with Crippen LogP contribution >= 0.6 is 0 Å². The molecule has 0 saturated carbocycles. The summed E-state index contributed by atoms with van der Waals surface area (Å²) >= 11 is 0. The van der Waals surface area contributed by atoms with Crippen molar-refractivity contribution in [1.29, 1.82) is 0 Å². The van der Waals surface area contributed by atoms with Gasteiger partial charge in [-0.1, -0.05) is 13.0 Å². The molecule has 1 saturated heterocycles. The van der Waals surface area contributed by atoms with E-state index in [1.54, 1.807) is 0 Å². The van der Waals surface area contributed by atoms with Crippen molar-refractivity contribution in [3.8, 4) is 11.5 Å². The molecule has 0 spiro atoms. The minimum atomic E-state index is -0.0417. The Morgan fingerprint density at radius 3 is 3.00 bits per heavy atom. The molecule has 1 N–H and O–H groups in total. The van der Waals surface area contributed by atoms with Gasteiger partial charge in [-0.15, -0.1) is 0 Å². The molecule has 6 heteroatoms. The summed E-state index contributed by atoms with van der Waals surface area (Å²) in [6.45, 7) is 4.93. The van der Waals surface area contributed by atoms with Crippen molar-refractivity contribution >= 4 is 6.03 Å². The Morgan fingerprint density at radius 2 is 2.22 bits per heavy atom. The second-order valence-electron chi connectivity index (χ2n) is 5.94. The molecule has 2 heterocycles. The van der Waals surface area contributed by atoms with Crippen LogP contribution in [0.1, 0.15) is 31.7 Å². The van der Waals surface area contributed by atoms with Gasteiger partial charge in [0.2, 0.25) is 6.79 Å². The Hall–Kier alpha value is -1.95. The lowest BCUT2D eigenvalue weighted by molar-refractivity contribution is 0.0795. The predicted octanol–water partition coefficient (Wildman–Crippen LogP) is 2.52. The largest absolute Gasteiger partial charge is 0.454 e. The molecule has 6 nitrogen and oxygen atoms in total. The van der Waals surface area contributed by atoms with Gasteiger partial charge >= 0.3 is 6.03 Å². The number of nitrogens with one attached hydrogen (secondary N) is 1. The molecule has 0 radical (unpaired) electrons. The van der Waals surface area contributed by atoms with Crippen molar-refractivity contribution in [2.24, 2.45) is 0 Å². The van der Waals surface area contributed by atoms with Crippen molar-refractivity contribution < 1.29 is 19.0 Å². The number of fused-ring (bicyclic) bond motifs is 1. The van der Waals surface area contributed by atoms with Crippen LogP contribution in [0.25, 0.3) is 0 Å². The van der Waals surface area contributed by atoms with E-state index >= 15 is 0 Å². The first kappa shape index (κ1) is 15.9. The van der Waals surface area contributed by atoms with Gasteiger partial charge in [0.1, 0.15) is 0 Å². The van der Waals surface area contributed by atoms with E-state index in [0.717, 1.165) is 42.9 Å². The Bertz CT molecular complexity index is 543. The van der Waals surface area contributed by atoms with Gasteiger partial charge in [0.15, 0.2) is 11.5 Å². The first-order valence-electron chi connectivity index (χ1n) is 8.29. The smallest absolute Gasteiger partial charge is 0.317 e. The Labute approximate surface area is 136 Å². The predicted molar refractivity (Wildman–Crippen MR) is 85.6 cm³/mol. The van der Waals surface area contributed by atoms with Gasteiger partial charge in [-0.25, -0.2) is 4.79 Å². The monoisotopic (exact) mass is 320 g/mol. The molecule has 2 aliphatic heterocycles. The number of ether oxygens (including phenoxy) is 3. The van der Waals surface area contributed by atoms with Crippen molar-refractivity contribution in [2.45, 2.75) is 38.8 Å². The molecule has 1 fully saturated rings. The topological polar surface area (TPSA) is 60.0 Å². The van der Waals surface area contributed by atoms with Crippen molar-refractivity contribution in [3.63, 3.8) is 0 Å². The van der Waals surface area contributed by atoms with Crippen molar-refractivity contribution in [3.05, 3.63) is 23.8 Å². The lowest BCUT2D eigenvalue weighted by Crippen LogP contribution is -2.43. The normalized spacial score (nSPS) is 18.9. The fourth-order valence-corrected chi connectivity index (χ4v) is 2.86. The summed E-state index contributed by atoms with van der Waals surface area (Å²) in [5, 5.41) is 2.95. The molecule has 0 aromatic heterocycles. The number of benzene rings is 1. The van der Waals surface area contributed by atoms with Gasteiger partial charge in [0.25, 0.3) is 0 Å². The first-order chi connectivity index (χ1) is 11.3. The van der Waals surface area contributed by atoms with Gasteiger partial charge in [-0.05, 0) is 37.0 Å². The Kier molecular flexibility index (Phi) is 5.23. The van der Waals surface area contributed by atoms with Crippen LogP contribution in [0.5, 0.6) is 11.5 Å². The summed E-state index contributed by atoms with van der Waals surface area (Å²) in [5.74, 6) is 1.50. The number of nitrogens with zero attached hydrogens (tertiary/aromatic N) is 1. The van der Waals surface area contributed by atoms with E-state index in [9.17, 15) is 4.79 Å². The van der Waals surface area contributed by atoms with Gasteiger partial charge in [-0.3, -0.25) is 0 Å².